The number of carbonyl (C=O) groups is 1. The van der Waals surface area contributed by atoms with Crippen molar-refractivity contribution in [3.05, 3.63) is 42.7 Å². The second-order valence-electron chi connectivity index (χ2n) is 5.58. The summed E-state index contributed by atoms with van der Waals surface area (Å²) in [6.45, 7) is 2.93. The van der Waals surface area contributed by atoms with E-state index in [1.807, 2.05) is 37.3 Å². The fraction of sp³-hybridized carbons (Fsp3) is 0.353. The lowest BCUT2D eigenvalue weighted by Crippen LogP contribution is -2.50. The fourth-order valence-corrected chi connectivity index (χ4v) is 2.84. The topological polar surface area (TPSA) is 66.9 Å². The molecule has 1 aliphatic rings. The van der Waals surface area contributed by atoms with Crippen molar-refractivity contribution < 1.29 is 4.79 Å². The van der Waals surface area contributed by atoms with Gasteiger partial charge in [-0.2, -0.15) is 0 Å². The van der Waals surface area contributed by atoms with Crippen LogP contribution in [0.5, 0.6) is 0 Å². The monoisotopic (exact) mass is 332 g/mol. The molecule has 1 aromatic heterocycles. The number of hydrogen-bond acceptors (Lipinski definition) is 4. The molecule has 0 saturated carbocycles. The Balaban J connectivity index is 0.00000192. The van der Waals surface area contributed by atoms with Crippen molar-refractivity contribution in [2.45, 2.75) is 31.7 Å². The standard InChI is InChI=1S/C17H20N4O.ClH/c1-2-17(9-6-10-20-17)16(22)21-14-11-18-15(19-12-14)13-7-4-3-5-8-13;/h3-5,7-8,11-12,20H,2,6,9-10H2,1H3,(H,21,22);1H. The van der Waals surface area contributed by atoms with Gasteiger partial charge in [0, 0.05) is 5.56 Å². The molecule has 1 fully saturated rings. The molecule has 1 aromatic carbocycles. The van der Waals surface area contributed by atoms with E-state index < -0.39 is 5.54 Å². The highest BCUT2D eigenvalue weighted by atomic mass is 35.5. The normalized spacial score (nSPS) is 19.9. The Morgan fingerprint density at radius 3 is 2.52 bits per heavy atom. The Bertz CT molecular complexity index is 639. The third kappa shape index (κ3) is 3.68. The molecule has 0 spiro atoms. The van der Waals surface area contributed by atoms with E-state index in [4.69, 9.17) is 0 Å². The Kier molecular flexibility index (Phi) is 5.69. The molecule has 0 bridgehead atoms. The number of benzene rings is 1. The predicted octanol–water partition coefficient (Wildman–Crippen LogP) is 3.04. The third-order valence-electron chi connectivity index (χ3n) is 4.22. The fourth-order valence-electron chi connectivity index (χ4n) is 2.84. The van der Waals surface area contributed by atoms with Gasteiger partial charge < -0.3 is 10.6 Å². The van der Waals surface area contributed by atoms with E-state index in [0.717, 1.165) is 31.4 Å². The number of anilines is 1. The lowest BCUT2D eigenvalue weighted by Gasteiger charge is -2.26. The molecule has 2 aromatic rings. The molecule has 1 unspecified atom stereocenters. The summed E-state index contributed by atoms with van der Waals surface area (Å²) in [7, 11) is 0. The van der Waals surface area contributed by atoms with Crippen LogP contribution < -0.4 is 10.6 Å². The number of rotatable bonds is 4. The molecule has 6 heteroatoms. The largest absolute Gasteiger partial charge is 0.322 e. The Morgan fingerprint density at radius 2 is 1.96 bits per heavy atom. The highest BCUT2D eigenvalue weighted by molar-refractivity contribution is 5.98. The zero-order valence-electron chi connectivity index (χ0n) is 13.1. The van der Waals surface area contributed by atoms with Crippen LogP contribution in [0.3, 0.4) is 0 Å². The van der Waals surface area contributed by atoms with Gasteiger partial charge in [0.1, 0.15) is 0 Å². The minimum absolute atomic E-state index is 0. The zero-order valence-corrected chi connectivity index (χ0v) is 13.9. The molecule has 2 N–H and O–H groups in total. The maximum Gasteiger partial charge on any atom is 0.244 e. The van der Waals surface area contributed by atoms with Crippen LogP contribution in [0.1, 0.15) is 26.2 Å². The lowest BCUT2D eigenvalue weighted by atomic mass is 9.93. The first-order valence-electron chi connectivity index (χ1n) is 7.67. The summed E-state index contributed by atoms with van der Waals surface area (Å²) < 4.78 is 0. The second kappa shape index (κ2) is 7.53. The summed E-state index contributed by atoms with van der Waals surface area (Å²) in [5, 5.41) is 6.25. The molecular formula is C17H21ClN4O. The summed E-state index contributed by atoms with van der Waals surface area (Å²) >= 11 is 0. The van der Waals surface area contributed by atoms with Gasteiger partial charge in [-0.3, -0.25) is 4.79 Å². The van der Waals surface area contributed by atoms with Gasteiger partial charge in [0.15, 0.2) is 5.82 Å². The van der Waals surface area contributed by atoms with Crippen LogP contribution in [-0.2, 0) is 4.79 Å². The first-order chi connectivity index (χ1) is 10.7. The van der Waals surface area contributed by atoms with Gasteiger partial charge in [-0.05, 0) is 25.8 Å². The molecular weight excluding hydrogens is 312 g/mol. The molecule has 1 saturated heterocycles. The van der Waals surface area contributed by atoms with Gasteiger partial charge in [-0.15, -0.1) is 12.4 Å². The van der Waals surface area contributed by atoms with Crippen LogP contribution in [0.4, 0.5) is 5.69 Å². The molecule has 2 heterocycles. The van der Waals surface area contributed by atoms with Crippen molar-refractivity contribution in [3.8, 4) is 11.4 Å². The van der Waals surface area contributed by atoms with Crippen molar-refractivity contribution in [1.29, 1.82) is 0 Å². The summed E-state index contributed by atoms with van der Waals surface area (Å²) in [5.74, 6) is 0.659. The van der Waals surface area contributed by atoms with E-state index in [9.17, 15) is 4.79 Å². The van der Waals surface area contributed by atoms with Crippen LogP contribution in [-0.4, -0.2) is 28.0 Å². The maximum absolute atomic E-state index is 12.5. The summed E-state index contributed by atoms with van der Waals surface area (Å²) in [6, 6.07) is 9.78. The van der Waals surface area contributed by atoms with Crippen molar-refractivity contribution in [2.75, 3.05) is 11.9 Å². The van der Waals surface area contributed by atoms with E-state index >= 15 is 0 Å². The minimum atomic E-state index is -0.446. The highest BCUT2D eigenvalue weighted by Gasteiger charge is 2.39. The number of nitrogens with one attached hydrogen (secondary N) is 2. The first-order valence-corrected chi connectivity index (χ1v) is 7.67. The average Bonchev–Trinajstić information content (AvgIpc) is 3.07. The van der Waals surface area contributed by atoms with Gasteiger partial charge >= 0.3 is 0 Å². The summed E-state index contributed by atoms with van der Waals surface area (Å²) in [6.07, 6.45) is 6.00. The van der Waals surface area contributed by atoms with E-state index in [1.165, 1.54) is 0 Å². The Hall–Kier alpha value is -1.98. The van der Waals surface area contributed by atoms with Crippen molar-refractivity contribution in [1.82, 2.24) is 15.3 Å². The SMILES string of the molecule is CCC1(C(=O)Nc2cnc(-c3ccccc3)nc2)CCCN1.Cl. The molecule has 3 rings (SSSR count). The molecule has 1 amide bonds. The van der Waals surface area contributed by atoms with Crippen molar-refractivity contribution >= 4 is 24.0 Å². The molecule has 0 radical (unpaired) electrons. The van der Waals surface area contributed by atoms with Crippen molar-refractivity contribution in [3.63, 3.8) is 0 Å². The Morgan fingerprint density at radius 1 is 1.26 bits per heavy atom. The quantitative estimate of drug-likeness (QED) is 0.903. The van der Waals surface area contributed by atoms with Gasteiger partial charge in [-0.25, -0.2) is 9.97 Å². The Labute approximate surface area is 142 Å². The number of aromatic nitrogens is 2. The molecule has 23 heavy (non-hydrogen) atoms. The van der Waals surface area contributed by atoms with Gasteiger partial charge in [0.2, 0.25) is 5.91 Å². The third-order valence-corrected chi connectivity index (χ3v) is 4.22. The lowest BCUT2D eigenvalue weighted by molar-refractivity contribution is -0.122. The van der Waals surface area contributed by atoms with E-state index in [1.54, 1.807) is 12.4 Å². The van der Waals surface area contributed by atoms with Crippen LogP contribution >= 0.6 is 12.4 Å². The van der Waals surface area contributed by atoms with Crippen LogP contribution in [0.25, 0.3) is 11.4 Å². The highest BCUT2D eigenvalue weighted by Crippen LogP contribution is 2.25. The van der Waals surface area contributed by atoms with E-state index in [-0.39, 0.29) is 18.3 Å². The molecule has 1 aliphatic heterocycles. The number of amides is 1. The minimum Gasteiger partial charge on any atom is -0.322 e. The molecule has 0 aliphatic carbocycles. The van der Waals surface area contributed by atoms with Crippen molar-refractivity contribution in [2.24, 2.45) is 0 Å². The number of carbonyl (C=O) groups excluding carboxylic acids is 1. The second-order valence-corrected chi connectivity index (χ2v) is 5.58. The molecule has 1 atom stereocenters. The first kappa shape index (κ1) is 17.4. The van der Waals surface area contributed by atoms with Crippen LogP contribution in [0, 0.1) is 0 Å². The summed E-state index contributed by atoms with van der Waals surface area (Å²) in [4.78, 5) is 21.2. The number of halogens is 1. The maximum atomic E-state index is 12.5. The van der Waals surface area contributed by atoms with E-state index in [0.29, 0.717) is 11.5 Å². The van der Waals surface area contributed by atoms with Crippen LogP contribution in [0.15, 0.2) is 42.7 Å². The van der Waals surface area contributed by atoms with Gasteiger partial charge in [0.25, 0.3) is 0 Å². The molecule has 122 valence electrons. The zero-order chi connectivity index (χ0) is 15.4. The van der Waals surface area contributed by atoms with Crippen LogP contribution in [0.2, 0.25) is 0 Å². The summed E-state index contributed by atoms with van der Waals surface area (Å²) in [5.41, 5.74) is 1.15. The van der Waals surface area contributed by atoms with Gasteiger partial charge in [-0.1, -0.05) is 37.3 Å². The number of hydrogen-bond donors (Lipinski definition) is 2. The van der Waals surface area contributed by atoms with Gasteiger partial charge in [0.05, 0.1) is 23.6 Å². The number of nitrogens with zero attached hydrogens (tertiary/aromatic N) is 2. The average molecular weight is 333 g/mol. The smallest absolute Gasteiger partial charge is 0.244 e. The van der Waals surface area contributed by atoms with E-state index in [2.05, 4.69) is 20.6 Å². The molecule has 5 nitrogen and oxygen atoms in total. The predicted molar refractivity (Wildman–Crippen MR) is 93.6 cm³/mol.